The van der Waals surface area contributed by atoms with E-state index in [1.807, 2.05) is 61.5 Å². The monoisotopic (exact) mass is 489 g/mol. The summed E-state index contributed by atoms with van der Waals surface area (Å²) in [6, 6.07) is 20.7. The van der Waals surface area contributed by atoms with Gasteiger partial charge in [-0.05, 0) is 35.4 Å². The molecule has 0 radical (unpaired) electrons. The third kappa shape index (κ3) is 4.48. The van der Waals surface area contributed by atoms with Gasteiger partial charge in [0.15, 0.2) is 0 Å². The molecular weight excluding hydrogens is 466 g/mol. The number of nitrogens with zero attached hydrogens (tertiary/aromatic N) is 6. The fourth-order valence-corrected chi connectivity index (χ4v) is 4.40. The van der Waals surface area contributed by atoms with Crippen LogP contribution in [0, 0.1) is 11.3 Å². The van der Waals surface area contributed by atoms with Crippen molar-refractivity contribution in [3.8, 4) is 28.8 Å². The lowest BCUT2D eigenvalue weighted by molar-refractivity contribution is 0.398. The second kappa shape index (κ2) is 9.87. The lowest BCUT2D eigenvalue weighted by atomic mass is 9.99. The van der Waals surface area contributed by atoms with E-state index in [0.717, 1.165) is 11.1 Å². The highest BCUT2D eigenvalue weighted by atomic mass is 16.5. The van der Waals surface area contributed by atoms with E-state index in [4.69, 9.17) is 15.5 Å². The van der Waals surface area contributed by atoms with E-state index >= 15 is 0 Å². The Morgan fingerprint density at radius 3 is 2.65 bits per heavy atom. The molecule has 0 aliphatic heterocycles. The van der Waals surface area contributed by atoms with Crippen molar-refractivity contribution in [1.29, 1.82) is 5.26 Å². The molecule has 0 unspecified atom stereocenters. The second-order valence-corrected chi connectivity index (χ2v) is 8.54. The van der Waals surface area contributed by atoms with Gasteiger partial charge < -0.3 is 10.5 Å². The summed E-state index contributed by atoms with van der Waals surface area (Å²) in [7, 11) is 1.55. The van der Waals surface area contributed by atoms with Crippen molar-refractivity contribution in [2.45, 2.75) is 19.3 Å². The van der Waals surface area contributed by atoms with E-state index in [2.05, 4.69) is 21.0 Å². The van der Waals surface area contributed by atoms with Crippen molar-refractivity contribution >= 4 is 16.9 Å². The maximum Gasteiger partial charge on any atom is 0.266 e. The quantitative estimate of drug-likeness (QED) is 0.378. The maximum absolute atomic E-state index is 14.2. The molecule has 0 saturated carbocycles. The Morgan fingerprint density at radius 2 is 1.89 bits per heavy atom. The highest BCUT2D eigenvalue weighted by Gasteiger charge is 2.22. The van der Waals surface area contributed by atoms with E-state index in [0.29, 0.717) is 46.0 Å². The second-order valence-electron chi connectivity index (χ2n) is 8.54. The molecule has 5 rings (SSSR count). The molecule has 2 aromatic carbocycles. The first kappa shape index (κ1) is 23.6. The van der Waals surface area contributed by atoms with Crippen molar-refractivity contribution in [2.24, 2.45) is 0 Å². The van der Waals surface area contributed by atoms with Crippen LogP contribution in [0.3, 0.4) is 0 Å². The zero-order valence-corrected chi connectivity index (χ0v) is 20.3. The van der Waals surface area contributed by atoms with E-state index in [9.17, 15) is 10.1 Å². The Kier molecular flexibility index (Phi) is 6.31. The molecule has 0 aliphatic rings. The topological polar surface area (TPSA) is 133 Å². The average molecular weight is 490 g/mol. The number of para-hydroxylation sites is 1. The number of nitriles is 1. The van der Waals surface area contributed by atoms with Gasteiger partial charge in [-0.15, -0.1) is 0 Å². The minimum Gasteiger partial charge on any atom is -0.481 e. The zero-order chi connectivity index (χ0) is 25.9. The number of rotatable bonds is 6. The largest absolute Gasteiger partial charge is 0.481 e. The average Bonchev–Trinajstić information content (AvgIpc) is 2.93. The van der Waals surface area contributed by atoms with Gasteiger partial charge in [0.1, 0.15) is 11.9 Å². The van der Waals surface area contributed by atoms with Crippen molar-refractivity contribution in [3.63, 3.8) is 0 Å². The number of benzene rings is 2. The number of hydrogen-bond donors (Lipinski definition) is 1. The smallest absolute Gasteiger partial charge is 0.266 e. The minimum atomic E-state index is -0.275. The lowest BCUT2D eigenvalue weighted by Gasteiger charge is -2.20. The highest BCUT2D eigenvalue weighted by molar-refractivity contribution is 5.94. The standard InChI is InChI=1S/C28H23N7O2/c1-17(13-23-19(15-29)16-32-28(30)34-23)26-33-22-10-6-9-21(18-11-12-31-24(14-18)37-2)25(22)27(36)35(26)20-7-4-3-5-8-20/h3-12,14,16-17H,13H2,1-2H3,(H2,30,32,34)/t17-/m1/s1. The molecule has 1 atom stereocenters. The van der Waals surface area contributed by atoms with Crippen LogP contribution in [-0.2, 0) is 6.42 Å². The van der Waals surface area contributed by atoms with Crippen molar-refractivity contribution in [1.82, 2.24) is 24.5 Å². The Balaban J connectivity index is 1.74. The molecule has 0 saturated heterocycles. The van der Waals surface area contributed by atoms with Crippen LogP contribution in [0.25, 0.3) is 27.7 Å². The fraction of sp³-hybridized carbons (Fsp3) is 0.143. The molecular formula is C28H23N7O2. The number of hydrogen-bond acceptors (Lipinski definition) is 8. The summed E-state index contributed by atoms with van der Waals surface area (Å²) in [6.45, 7) is 1.95. The molecule has 0 amide bonds. The van der Waals surface area contributed by atoms with Crippen LogP contribution in [0.2, 0.25) is 0 Å². The summed E-state index contributed by atoms with van der Waals surface area (Å²) in [5, 5.41) is 10.0. The normalized spacial score (nSPS) is 11.7. The van der Waals surface area contributed by atoms with Crippen molar-refractivity contribution in [2.75, 3.05) is 12.8 Å². The Bertz CT molecular complexity index is 1710. The molecule has 3 heterocycles. The molecule has 5 aromatic rings. The number of anilines is 1. The first-order valence-corrected chi connectivity index (χ1v) is 11.6. The molecule has 9 nitrogen and oxygen atoms in total. The van der Waals surface area contributed by atoms with Gasteiger partial charge in [-0.3, -0.25) is 9.36 Å². The van der Waals surface area contributed by atoms with E-state index in [-0.39, 0.29) is 17.4 Å². The first-order valence-electron chi connectivity index (χ1n) is 11.6. The van der Waals surface area contributed by atoms with Crippen LogP contribution in [0.15, 0.2) is 77.9 Å². The summed E-state index contributed by atoms with van der Waals surface area (Å²) in [5.41, 5.74) is 9.22. The molecule has 0 fully saturated rings. The van der Waals surface area contributed by atoms with Gasteiger partial charge >= 0.3 is 0 Å². The summed E-state index contributed by atoms with van der Waals surface area (Å²) in [4.78, 5) is 31.6. The number of pyridine rings is 1. The number of nitrogen functional groups attached to an aromatic ring is 1. The molecule has 182 valence electrons. The van der Waals surface area contributed by atoms with Crippen molar-refractivity contribution in [3.05, 3.63) is 100 Å². The van der Waals surface area contributed by atoms with Gasteiger partial charge in [-0.1, -0.05) is 37.3 Å². The van der Waals surface area contributed by atoms with Crippen LogP contribution in [0.1, 0.15) is 29.9 Å². The fourth-order valence-electron chi connectivity index (χ4n) is 4.40. The Labute approximate surface area is 212 Å². The molecule has 0 spiro atoms. The molecule has 0 aliphatic carbocycles. The zero-order valence-electron chi connectivity index (χ0n) is 20.3. The molecule has 37 heavy (non-hydrogen) atoms. The maximum atomic E-state index is 14.2. The van der Waals surface area contributed by atoms with E-state index in [1.165, 1.54) is 6.20 Å². The summed E-state index contributed by atoms with van der Waals surface area (Å²) in [6.07, 6.45) is 3.41. The van der Waals surface area contributed by atoms with E-state index < -0.39 is 0 Å². The van der Waals surface area contributed by atoms with Crippen LogP contribution >= 0.6 is 0 Å². The summed E-state index contributed by atoms with van der Waals surface area (Å²) < 4.78 is 6.92. The van der Waals surface area contributed by atoms with Crippen LogP contribution in [0.5, 0.6) is 5.88 Å². The third-order valence-corrected chi connectivity index (χ3v) is 6.14. The van der Waals surface area contributed by atoms with Crippen LogP contribution in [-0.4, -0.2) is 31.6 Å². The molecule has 3 aromatic heterocycles. The Morgan fingerprint density at radius 1 is 1.08 bits per heavy atom. The van der Waals surface area contributed by atoms with Gasteiger partial charge in [-0.2, -0.15) is 5.26 Å². The van der Waals surface area contributed by atoms with Gasteiger partial charge in [0.2, 0.25) is 11.8 Å². The van der Waals surface area contributed by atoms with Crippen LogP contribution < -0.4 is 16.0 Å². The van der Waals surface area contributed by atoms with Crippen molar-refractivity contribution < 1.29 is 4.74 Å². The van der Waals surface area contributed by atoms with Gasteiger partial charge in [0.05, 0.1) is 41.2 Å². The predicted octanol–water partition coefficient (Wildman–Crippen LogP) is 4.05. The predicted molar refractivity (Wildman–Crippen MR) is 140 cm³/mol. The molecule has 9 heteroatoms. The Hall–Kier alpha value is -5.10. The minimum absolute atomic E-state index is 0.0885. The summed E-state index contributed by atoms with van der Waals surface area (Å²) >= 11 is 0. The first-order chi connectivity index (χ1) is 18.0. The number of methoxy groups -OCH3 is 1. The number of nitrogens with two attached hydrogens (primary N) is 1. The van der Waals surface area contributed by atoms with E-state index in [1.54, 1.807) is 23.9 Å². The highest BCUT2D eigenvalue weighted by Crippen LogP contribution is 2.30. The SMILES string of the molecule is COc1cc(-c2cccc3nc([C@H](C)Cc4nc(N)ncc4C#N)n(-c4ccccc4)c(=O)c23)ccn1. The van der Waals surface area contributed by atoms with Gasteiger partial charge in [-0.25, -0.2) is 19.9 Å². The van der Waals surface area contributed by atoms with Crippen LogP contribution in [0.4, 0.5) is 5.95 Å². The number of aromatic nitrogens is 5. The number of fused-ring (bicyclic) bond motifs is 1. The van der Waals surface area contributed by atoms with Gasteiger partial charge in [0.25, 0.3) is 5.56 Å². The molecule has 0 bridgehead atoms. The lowest BCUT2D eigenvalue weighted by Crippen LogP contribution is -2.26. The number of ether oxygens (including phenoxy) is 1. The summed E-state index contributed by atoms with van der Waals surface area (Å²) in [5.74, 6) is 0.816. The molecule has 2 N–H and O–H groups in total. The third-order valence-electron chi connectivity index (χ3n) is 6.14. The van der Waals surface area contributed by atoms with Gasteiger partial charge in [0, 0.05) is 24.6 Å².